The van der Waals surface area contributed by atoms with Crippen LogP contribution < -0.4 is 10.9 Å². The van der Waals surface area contributed by atoms with Crippen molar-refractivity contribution in [1.82, 2.24) is 20.2 Å². The zero-order valence-corrected chi connectivity index (χ0v) is 21.0. The van der Waals surface area contributed by atoms with Gasteiger partial charge in [-0.1, -0.05) is 38.1 Å². The normalized spacial score (nSPS) is 14.6. The van der Waals surface area contributed by atoms with E-state index in [-0.39, 0.29) is 29.1 Å². The minimum atomic E-state index is -0.394. The average Bonchev–Trinajstić information content (AvgIpc) is 2.87. The van der Waals surface area contributed by atoms with E-state index in [2.05, 4.69) is 15.3 Å². The molecule has 0 bridgehead atoms. The molecule has 1 aromatic heterocycles. The molecule has 2 amide bonds. The van der Waals surface area contributed by atoms with Gasteiger partial charge in [0, 0.05) is 50.0 Å². The van der Waals surface area contributed by atoms with E-state index in [4.69, 9.17) is 0 Å². The number of likely N-dealkylation sites (tertiary alicyclic amines) is 1. The van der Waals surface area contributed by atoms with Crippen molar-refractivity contribution in [2.45, 2.75) is 39.5 Å². The fraction of sp³-hybridized carbons (Fsp3) is 0.393. The molecule has 36 heavy (non-hydrogen) atoms. The number of amides is 2. The summed E-state index contributed by atoms with van der Waals surface area (Å²) in [5, 5.41) is 3.12. The van der Waals surface area contributed by atoms with Crippen LogP contribution >= 0.6 is 0 Å². The van der Waals surface area contributed by atoms with Gasteiger partial charge in [-0.2, -0.15) is 0 Å². The lowest BCUT2D eigenvalue weighted by Crippen LogP contribution is -2.42. The second-order valence-electron chi connectivity index (χ2n) is 10.2. The fourth-order valence-electron chi connectivity index (χ4n) is 4.81. The molecule has 1 aliphatic heterocycles. The molecule has 1 aliphatic rings. The van der Waals surface area contributed by atoms with E-state index in [9.17, 15) is 19.2 Å². The van der Waals surface area contributed by atoms with Gasteiger partial charge in [-0.3, -0.25) is 19.2 Å². The zero-order valence-electron chi connectivity index (χ0n) is 21.0. The van der Waals surface area contributed by atoms with Gasteiger partial charge < -0.3 is 15.2 Å². The summed E-state index contributed by atoms with van der Waals surface area (Å²) in [6.45, 7) is 5.07. The lowest BCUT2D eigenvalue weighted by atomic mass is 9.83. The van der Waals surface area contributed by atoms with Crippen molar-refractivity contribution >= 4 is 28.5 Å². The molecule has 0 radical (unpaired) electrons. The Hall–Kier alpha value is -3.81. The first-order valence-electron chi connectivity index (χ1n) is 12.3. The van der Waals surface area contributed by atoms with Gasteiger partial charge in [-0.25, -0.2) is 4.98 Å². The van der Waals surface area contributed by atoms with E-state index in [1.807, 2.05) is 30.9 Å². The van der Waals surface area contributed by atoms with Gasteiger partial charge >= 0.3 is 0 Å². The van der Waals surface area contributed by atoms with Gasteiger partial charge in [0.25, 0.3) is 11.5 Å². The van der Waals surface area contributed by atoms with Crippen molar-refractivity contribution in [2.24, 2.45) is 11.3 Å². The Morgan fingerprint density at radius 3 is 2.33 bits per heavy atom. The molecule has 2 heterocycles. The number of benzene rings is 2. The fourth-order valence-corrected chi connectivity index (χ4v) is 4.81. The Bertz CT molecular complexity index is 1340. The van der Waals surface area contributed by atoms with Crippen molar-refractivity contribution in [3.63, 3.8) is 0 Å². The van der Waals surface area contributed by atoms with Gasteiger partial charge in [0.1, 0.15) is 5.82 Å². The van der Waals surface area contributed by atoms with Gasteiger partial charge in [-0.05, 0) is 42.5 Å². The number of fused-ring (bicyclic) bond motifs is 1. The molecule has 2 N–H and O–H groups in total. The van der Waals surface area contributed by atoms with E-state index < -0.39 is 5.41 Å². The molecule has 188 valence electrons. The van der Waals surface area contributed by atoms with Crippen LogP contribution in [0.2, 0.25) is 0 Å². The highest BCUT2D eigenvalue weighted by molar-refractivity contribution is 6.00. The van der Waals surface area contributed by atoms with E-state index in [1.54, 1.807) is 43.4 Å². The number of nitrogens with one attached hydrogen (secondary N) is 2. The highest BCUT2D eigenvalue weighted by atomic mass is 16.2. The summed E-state index contributed by atoms with van der Waals surface area (Å²) < 4.78 is 0. The maximum Gasteiger partial charge on any atom is 0.258 e. The molecule has 1 saturated heterocycles. The number of aromatic nitrogens is 2. The van der Waals surface area contributed by atoms with Crippen LogP contribution in [0.25, 0.3) is 10.9 Å². The maximum atomic E-state index is 13.1. The van der Waals surface area contributed by atoms with Crippen LogP contribution in [0.5, 0.6) is 0 Å². The number of carbonyl (C=O) groups excluding carboxylic acids is 3. The third kappa shape index (κ3) is 5.70. The number of para-hydroxylation sites is 1. The number of nitrogens with zero attached hydrogens (tertiary/aromatic N) is 2. The average molecular weight is 489 g/mol. The number of hydrogen-bond donors (Lipinski definition) is 2. The van der Waals surface area contributed by atoms with Crippen LogP contribution in [0.3, 0.4) is 0 Å². The topological polar surface area (TPSA) is 112 Å². The predicted molar refractivity (Wildman–Crippen MR) is 138 cm³/mol. The summed E-state index contributed by atoms with van der Waals surface area (Å²) in [6.07, 6.45) is 2.02. The second-order valence-corrected chi connectivity index (χ2v) is 10.2. The largest absolute Gasteiger partial charge is 0.355 e. The smallest absolute Gasteiger partial charge is 0.258 e. The first-order valence-corrected chi connectivity index (χ1v) is 12.3. The molecule has 3 aromatic rings. The lowest BCUT2D eigenvalue weighted by molar-refractivity contribution is -0.134. The van der Waals surface area contributed by atoms with Gasteiger partial charge in [0.05, 0.1) is 10.9 Å². The second kappa shape index (κ2) is 10.4. The van der Waals surface area contributed by atoms with Crippen molar-refractivity contribution < 1.29 is 14.4 Å². The first-order chi connectivity index (χ1) is 17.2. The third-order valence-electron chi connectivity index (χ3n) is 6.81. The molecular formula is C28H32N4O4. The quantitative estimate of drug-likeness (QED) is 0.495. The Labute approximate surface area is 210 Å². The summed E-state index contributed by atoms with van der Waals surface area (Å²) >= 11 is 0. The molecule has 0 unspecified atom stereocenters. The van der Waals surface area contributed by atoms with Gasteiger partial charge in [0.2, 0.25) is 5.91 Å². The van der Waals surface area contributed by atoms with Crippen molar-refractivity contribution in [2.75, 3.05) is 20.1 Å². The van der Waals surface area contributed by atoms with Crippen molar-refractivity contribution in [3.8, 4) is 0 Å². The van der Waals surface area contributed by atoms with Crippen LogP contribution in [0, 0.1) is 11.3 Å². The summed E-state index contributed by atoms with van der Waals surface area (Å²) in [5.74, 6) is 0.343. The van der Waals surface area contributed by atoms with Crippen molar-refractivity contribution in [3.05, 3.63) is 75.8 Å². The number of hydrogen-bond acceptors (Lipinski definition) is 5. The number of rotatable bonds is 7. The number of piperidine rings is 1. The van der Waals surface area contributed by atoms with E-state index in [0.29, 0.717) is 66.6 Å². The Morgan fingerprint density at radius 2 is 1.67 bits per heavy atom. The number of carbonyl (C=O) groups is 3. The monoisotopic (exact) mass is 488 g/mol. The number of ketones is 1. The molecule has 0 atom stereocenters. The van der Waals surface area contributed by atoms with Gasteiger partial charge in [-0.15, -0.1) is 0 Å². The molecule has 0 aliphatic carbocycles. The minimum absolute atomic E-state index is 0.0453. The third-order valence-corrected chi connectivity index (χ3v) is 6.81. The van der Waals surface area contributed by atoms with Crippen LogP contribution in [0.4, 0.5) is 0 Å². The summed E-state index contributed by atoms with van der Waals surface area (Å²) in [5.41, 5.74) is 1.18. The minimum Gasteiger partial charge on any atom is -0.355 e. The maximum absolute atomic E-state index is 13.1. The molecule has 8 nitrogen and oxygen atoms in total. The number of H-pyrrole nitrogens is 1. The molecule has 2 aromatic carbocycles. The van der Waals surface area contributed by atoms with E-state index in [1.165, 1.54) is 0 Å². The number of Topliss-reactive ketones (excluding diaryl/α,β-unsaturated/α-hetero) is 1. The molecular weight excluding hydrogens is 456 g/mol. The molecule has 4 rings (SSSR count). The van der Waals surface area contributed by atoms with Crippen LogP contribution in [0.1, 0.15) is 59.7 Å². The molecule has 0 saturated carbocycles. The predicted octanol–water partition coefficient (Wildman–Crippen LogP) is 3.36. The van der Waals surface area contributed by atoms with Crippen LogP contribution in [-0.4, -0.2) is 52.6 Å². The zero-order chi connectivity index (χ0) is 25.9. The summed E-state index contributed by atoms with van der Waals surface area (Å²) in [7, 11) is 1.57. The van der Waals surface area contributed by atoms with E-state index in [0.717, 1.165) is 0 Å². The van der Waals surface area contributed by atoms with Gasteiger partial charge in [0.15, 0.2) is 5.78 Å². The molecule has 8 heteroatoms. The standard InChI is InChI=1S/C28H32N4O4/c1-28(2,16-23-30-22-7-5-4-6-21(22)27(36)31-23)17-24(33)32-14-12-19(13-15-32)25(34)18-8-10-20(11-9-18)26(35)29-3/h4-11,19H,12-17H2,1-3H3,(H,29,35)(H,30,31,36). The first kappa shape index (κ1) is 25.3. The van der Waals surface area contributed by atoms with E-state index >= 15 is 0 Å². The van der Waals surface area contributed by atoms with Crippen molar-refractivity contribution in [1.29, 1.82) is 0 Å². The lowest BCUT2D eigenvalue weighted by Gasteiger charge is -2.34. The Morgan fingerprint density at radius 1 is 1.03 bits per heavy atom. The SMILES string of the molecule is CNC(=O)c1ccc(C(=O)C2CCN(C(=O)CC(C)(C)Cc3nc4ccccc4c(=O)[nH]3)CC2)cc1. The summed E-state index contributed by atoms with van der Waals surface area (Å²) in [4.78, 5) is 59.4. The highest BCUT2D eigenvalue weighted by Gasteiger charge is 2.31. The molecule has 0 spiro atoms. The van der Waals surface area contributed by atoms with Crippen LogP contribution in [0.15, 0.2) is 53.3 Å². The van der Waals surface area contributed by atoms with Crippen LogP contribution in [-0.2, 0) is 11.2 Å². The molecule has 1 fully saturated rings. The number of aromatic amines is 1. The summed E-state index contributed by atoms with van der Waals surface area (Å²) in [6, 6.07) is 13.9. The Kier molecular flexibility index (Phi) is 7.33. The Balaban J connectivity index is 1.33. The highest BCUT2D eigenvalue weighted by Crippen LogP contribution is 2.28.